The minimum absolute atomic E-state index is 0.0496. The lowest BCUT2D eigenvalue weighted by Crippen LogP contribution is -2.39. The third kappa shape index (κ3) is 2.76. The summed E-state index contributed by atoms with van der Waals surface area (Å²) in [5, 5.41) is 2.78. The lowest BCUT2D eigenvalue weighted by molar-refractivity contribution is 0.202. The second kappa shape index (κ2) is 5.26. The van der Waals surface area contributed by atoms with Crippen LogP contribution < -0.4 is 5.32 Å². The van der Waals surface area contributed by atoms with Crippen molar-refractivity contribution in [3.8, 4) is 0 Å². The van der Waals surface area contributed by atoms with E-state index < -0.39 is 0 Å². The number of carbonyl (C=O) groups excluding carboxylic acids is 1. The molecule has 1 aromatic heterocycles. The fourth-order valence-corrected chi connectivity index (χ4v) is 1.18. The summed E-state index contributed by atoms with van der Waals surface area (Å²) < 4.78 is 0. The quantitative estimate of drug-likeness (QED) is 0.753. The molecule has 0 radical (unpaired) electrons. The van der Waals surface area contributed by atoms with E-state index in [1.807, 2.05) is 13.8 Å². The summed E-state index contributed by atoms with van der Waals surface area (Å²) in [5.41, 5.74) is 0. The molecule has 0 saturated heterocycles. The Morgan fingerprint density at radius 2 is 2.29 bits per heavy atom. The van der Waals surface area contributed by atoms with Crippen LogP contribution in [0.4, 0.5) is 4.79 Å². The van der Waals surface area contributed by atoms with Crippen molar-refractivity contribution in [2.45, 2.75) is 20.4 Å². The molecule has 5 heteroatoms. The molecule has 0 bridgehead atoms. The highest BCUT2D eigenvalue weighted by molar-refractivity contribution is 5.73. The molecule has 0 unspecified atom stereocenters. The van der Waals surface area contributed by atoms with E-state index in [4.69, 9.17) is 0 Å². The number of hydrogen-bond donors (Lipinski definition) is 2. The fraction of sp³-hybridized carbons (Fsp3) is 0.556. The molecule has 0 saturated carbocycles. The molecule has 14 heavy (non-hydrogen) atoms. The standard InChI is InChI=1S/C9H16N4O/c1-3-13(4-2)9(14)12-7-8-10-5-6-11-8/h5-6H,3-4,7H2,1-2H3,(H,10,11)(H,12,14). The van der Waals surface area contributed by atoms with E-state index in [9.17, 15) is 4.79 Å². The zero-order valence-electron chi connectivity index (χ0n) is 8.58. The van der Waals surface area contributed by atoms with Crippen LogP contribution in [0.15, 0.2) is 12.4 Å². The van der Waals surface area contributed by atoms with Gasteiger partial charge in [0, 0.05) is 25.5 Å². The molecule has 0 aromatic carbocycles. The summed E-state index contributed by atoms with van der Waals surface area (Å²) >= 11 is 0. The topological polar surface area (TPSA) is 61.0 Å². The summed E-state index contributed by atoms with van der Waals surface area (Å²) in [5.74, 6) is 0.769. The number of imidazole rings is 1. The Hall–Kier alpha value is -1.52. The van der Waals surface area contributed by atoms with Crippen molar-refractivity contribution in [1.82, 2.24) is 20.2 Å². The van der Waals surface area contributed by atoms with Gasteiger partial charge in [-0.2, -0.15) is 0 Å². The third-order valence-corrected chi connectivity index (χ3v) is 2.01. The number of hydrogen-bond acceptors (Lipinski definition) is 2. The summed E-state index contributed by atoms with van der Waals surface area (Å²) in [6, 6.07) is -0.0496. The van der Waals surface area contributed by atoms with Gasteiger partial charge in [0.1, 0.15) is 5.82 Å². The summed E-state index contributed by atoms with van der Waals surface area (Å²) in [7, 11) is 0. The van der Waals surface area contributed by atoms with E-state index in [1.54, 1.807) is 17.3 Å². The molecule has 2 N–H and O–H groups in total. The monoisotopic (exact) mass is 196 g/mol. The van der Waals surface area contributed by atoms with Gasteiger partial charge in [0.2, 0.25) is 0 Å². The maximum absolute atomic E-state index is 11.5. The molecular weight excluding hydrogens is 180 g/mol. The summed E-state index contributed by atoms with van der Waals surface area (Å²) in [6.45, 7) is 5.80. The average Bonchev–Trinajstić information content (AvgIpc) is 2.69. The van der Waals surface area contributed by atoms with Crippen LogP contribution in [0.1, 0.15) is 19.7 Å². The Balaban J connectivity index is 2.34. The predicted octanol–water partition coefficient (Wildman–Crippen LogP) is 0.961. The van der Waals surface area contributed by atoms with Gasteiger partial charge in [-0.25, -0.2) is 9.78 Å². The molecule has 1 heterocycles. The molecule has 5 nitrogen and oxygen atoms in total. The van der Waals surface area contributed by atoms with E-state index in [1.165, 1.54) is 0 Å². The molecule has 0 fully saturated rings. The molecule has 1 rings (SSSR count). The Morgan fingerprint density at radius 1 is 1.57 bits per heavy atom. The van der Waals surface area contributed by atoms with Gasteiger partial charge < -0.3 is 15.2 Å². The normalized spacial score (nSPS) is 9.86. The second-order valence-electron chi connectivity index (χ2n) is 2.87. The van der Waals surface area contributed by atoms with Crippen LogP contribution in [-0.2, 0) is 6.54 Å². The largest absolute Gasteiger partial charge is 0.347 e. The van der Waals surface area contributed by atoms with Crippen LogP contribution in [0.25, 0.3) is 0 Å². The number of amides is 2. The first kappa shape index (κ1) is 10.6. The van der Waals surface area contributed by atoms with E-state index in [0.717, 1.165) is 18.9 Å². The Bertz CT molecular complexity index is 266. The molecule has 78 valence electrons. The van der Waals surface area contributed by atoms with Crippen molar-refractivity contribution < 1.29 is 4.79 Å². The zero-order chi connectivity index (χ0) is 10.4. The minimum atomic E-state index is -0.0496. The Labute approximate surface area is 83.5 Å². The molecule has 1 aromatic rings. The fourth-order valence-electron chi connectivity index (χ4n) is 1.18. The van der Waals surface area contributed by atoms with Crippen molar-refractivity contribution >= 4 is 6.03 Å². The first-order chi connectivity index (χ1) is 6.77. The maximum atomic E-state index is 11.5. The molecule has 0 aliphatic heterocycles. The van der Waals surface area contributed by atoms with E-state index in [2.05, 4.69) is 15.3 Å². The van der Waals surface area contributed by atoms with Crippen LogP contribution in [0.2, 0.25) is 0 Å². The van der Waals surface area contributed by atoms with Crippen LogP contribution in [-0.4, -0.2) is 34.0 Å². The highest BCUT2D eigenvalue weighted by Crippen LogP contribution is 1.91. The SMILES string of the molecule is CCN(CC)C(=O)NCc1ncc[nH]1. The van der Waals surface area contributed by atoms with Crippen molar-refractivity contribution in [3.05, 3.63) is 18.2 Å². The number of rotatable bonds is 4. The Kier molecular flexibility index (Phi) is 3.97. The Morgan fingerprint density at radius 3 is 2.79 bits per heavy atom. The molecule has 0 spiro atoms. The van der Waals surface area contributed by atoms with Crippen molar-refractivity contribution in [2.24, 2.45) is 0 Å². The molecule has 0 aliphatic carbocycles. The molecule has 2 amide bonds. The number of H-pyrrole nitrogens is 1. The maximum Gasteiger partial charge on any atom is 0.317 e. The predicted molar refractivity (Wildman–Crippen MR) is 53.7 cm³/mol. The summed E-state index contributed by atoms with van der Waals surface area (Å²) in [6.07, 6.45) is 3.40. The summed E-state index contributed by atoms with van der Waals surface area (Å²) in [4.78, 5) is 20.1. The lowest BCUT2D eigenvalue weighted by Gasteiger charge is -2.18. The second-order valence-corrected chi connectivity index (χ2v) is 2.87. The van der Waals surface area contributed by atoms with Gasteiger partial charge >= 0.3 is 6.03 Å². The number of aromatic nitrogens is 2. The first-order valence-corrected chi connectivity index (χ1v) is 4.79. The van der Waals surface area contributed by atoms with E-state index in [0.29, 0.717) is 6.54 Å². The highest BCUT2D eigenvalue weighted by Gasteiger charge is 2.08. The van der Waals surface area contributed by atoms with Crippen LogP contribution in [0, 0.1) is 0 Å². The van der Waals surface area contributed by atoms with E-state index in [-0.39, 0.29) is 6.03 Å². The molecular formula is C9H16N4O. The lowest BCUT2D eigenvalue weighted by atomic mass is 10.5. The van der Waals surface area contributed by atoms with Crippen molar-refractivity contribution in [1.29, 1.82) is 0 Å². The number of nitrogens with zero attached hydrogens (tertiary/aromatic N) is 2. The number of nitrogens with one attached hydrogen (secondary N) is 2. The highest BCUT2D eigenvalue weighted by atomic mass is 16.2. The van der Waals surface area contributed by atoms with Crippen LogP contribution >= 0.6 is 0 Å². The first-order valence-electron chi connectivity index (χ1n) is 4.79. The van der Waals surface area contributed by atoms with Crippen LogP contribution in [0.3, 0.4) is 0 Å². The van der Waals surface area contributed by atoms with Gasteiger partial charge in [0.05, 0.1) is 6.54 Å². The molecule has 0 aliphatic rings. The van der Waals surface area contributed by atoms with Crippen LogP contribution in [0.5, 0.6) is 0 Å². The van der Waals surface area contributed by atoms with Crippen molar-refractivity contribution in [3.63, 3.8) is 0 Å². The molecule has 0 atom stereocenters. The van der Waals surface area contributed by atoms with Gasteiger partial charge in [0.15, 0.2) is 0 Å². The van der Waals surface area contributed by atoms with Gasteiger partial charge in [0.25, 0.3) is 0 Å². The van der Waals surface area contributed by atoms with Gasteiger partial charge in [-0.15, -0.1) is 0 Å². The van der Waals surface area contributed by atoms with Gasteiger partial charge in [-0.1, -0.05) is 0 Å². The van der Waals surface area contributed by atoms with Crippen molar-refractivity contribution in [2.75, 3.05) is 13.1 Å². The van der Waals surface area contributed by atoms with Gasteiger partial charge in [-0.3, -0.25) is 0 Å². The third-order valence-electron chi connectivity index (χ3n) is 2.01. The number of urea groups is 1. The average molecular weight is 196 g/mol. The smallest absolute Gasteiger partial charge is 0.317 e. The minimum Gasteiger partial charge on any atom is -0.347 e. The number of aromatic amines is 1. The van der Waals surface area contributed by atoms with Gasteiger partial charge in [-0.05, 0) is 13.8 Å². The zero-order valence-corrected chi connectivity index (χ0v) is 8.58. The number of carbonyl (C=O) groups is 1. The van der Waals surface area contributed by atoms with E-state index >= 15 is 0 Å².